The second-order valence-corrected chi connectivity index (χ2v) is 3.95. The van der Waals surface area contributed by atoms with Crippen LogP contribution in [0.4, 0.5) is 4.79 Å². The van der Waals surface area contributed by atoms with Crippen LogP contribution < -0.4 is 0 Å². The van der Waals surface area contributed by atoms with Gasteiger partial charge in [0.15, 0.2) is 0 Å². The predicted molar refractivity (Wildman–Crippen MR) is 55.0 cm³/mol. The molecule has 4 heteroatoms. The van der Waals surface area contributed by atoms with Gasteiger partial charge in [-0.05, 0) is 29.2 Å². The van der Waals surface area contributed by atoms with Gasteiger partial charge >= 0.3 is 6.09 Å². The molecule has 1 aromatic carbocycles. The molecule has 4 nitrogen and oxygen atoms in total. The van der Waals surface area contributed by atoms with Gasteiger partial charge in [-0.25, -0.2) is 4.79 Å². The van der Waals surface area contributed by atoms with Crippen LogP contribution in [-0.2, 0) is 6.54 Å². The summed E-state index contributed by atoms with van der Waals surface area (Å²) in [6.45, 7) is 2.88. The number of hydrogen-bond acceptors (Lipinski definition) is 2. The predicted octanol–water partition coefficient (Wildman–Crippen LogP) is 1.99. The van der Waals surface area contributed by atoms with Crippen LogP contribution in [0, 0.1) is 0 Å². The van der Waals surface area contributed by atoms with Crippen LogP contribution in [-0.4, -0.2) is 27.8 Å². The first kappa shape index (κ1) is 9.83. The van der Waals surface area contributed by atoms with E-state index in [2.05, 4.69) is 0 Å². The van der Waals surface area contributed by atoms with Crippen molar-refractivity contribution in [3.63, 3.8) is 0 Å². The van der Waals surface area contributed by atoms with Gasteiger partial charge in [-0.15, -0.1) is 0 Å². The Kier molecular flexibility index (Phi) is 2.26. The van der Waals surface area contributed by atoms with E-state index < -0.39 is 6.09 Å². The Morgan fingerprint density at radius 1 is 1.53 bits per heavy atom. The highest BCUT2D eigenvalue weighted by Gasteiger charge is 2.25. The minimum Gasteiger partial charge on any atom is -0.508 e. The summed E-state index contributed by atoms with van der Waals surface area (Å²) in [6.07, 6.45) is -0.907. The van der Waals surface area contributed by atoms with Crippen LogP contribution in [0.5, 0.6) is 5.75 Å². The molecule has 1 atom stereocenters. The Morgan fingerprint density at radius 3 is 2.93 bits per heavy atom. The molecular formula is C11H13NO3. The number of rotatable bonds is 0. The van der Waals surface area contributed by atoms with Gasteiger partial charge in [-0.1, -0.05) is 13.0 Å². The molecule has 1 aliphatic rings. The second kappa shape index (κ2) is 3.46. The highest BCUT2D eigenvalue weighted by molar-refractivity contribution is 5.66. The smallest absolute Gasteiger partial charge is 0.407 e. The van der Waals surface area contributed by atoms with Crippen molar-refractivity contribution in [1.29, 1.82) is 0 Å². The molecule has 15 heavy (non-hydrogen) atoms. The van der Waals surface area contributed by atoms with E-state index in [0.29, 0.717) is 13.1 Å². The van der Waals surface area contributed by atoms with Crippen molar-refractivity contribution >= 4 is 6.09 Å². The SMILES string of the molecule is CC1CN(C(=O)O)Cc2cc(O)ccc21. The lowest BCUT2D eigenvalue weighted by Gasteiger charge is -2.31. The summed E-state index contributed by atoms with van der Waals surface area (Å²) >= 11 is 0. The van der Waals surface area contributed by atoms with Crippen LogP contribution in [0.15, 0.2) is 18.2 Å². The Labute approximate surface area is 87.8 Å². The number of carboxylic acid groups (broad SMARTS) is 1. The largest absolute Gasteiger partial charge is 0.508 e. The number of benzene rings is 1. The highest BCUT2D eigenvalue weighted by atomic mass is 16.4. The van der Waals surface area contributed by atoms with E-state index in [-0.39, 0.29) is 11.7 Å². The molecule has 0 spiro atoms. The molecule has 1 amide bonds. The lowest BCUT2D eigenvalue weighted by molar-refractivity contribution is 0.135. The maximum absolute atomic E-state index is 10.9. The fraction of sp³-hybridized carbons (Fsp3) is 0.364. The molecule has 0 aromatic heterocycles. The third-order valence-electron chi connectivity index (χ3n) is 2.78. The van der Waals surface area contributed by atoms with E-state index in [9.17, 15) is 9.90 Å². The van der Waals surface area contributed by atoms with Gasteiger partial charge in [0.2, 0.25) is 0 Å². The Balaban J connectivity index is 2.37. The quantitative estimate of drug-likeness (QED) is 0.683. The van der Waals surface area contributed by atoms with Gasteiger partial charge in [0.1, 0.15) is 5.75 Å². The summed E-state index contributed by atoms with van der Waals surface area (Å²) in [5.41, 5.74) is 2.03. The van der Waals surface area contributed by atoms with E-state index in [1.54, 1.807) is 12.1 Å². The first-order valence-corrected chi connectivity index (χ1v) is 4.87. The standard InChI is InChI=1S/C11H13NO3/c1-7-5-12(11(14)15)6-8-4-9(13)2-3-10(7)8/h2-4,7,13H,5-6H2,1H3,(H,14,15). The van der Waals surface area contributed by atoms with Gasteiger partial charge in [-0.3, -0.25) is 0 Å². The molecule has 0 saturated heterocycles. The number of aromatic hydroxyl groups is 1. The summed E-state index contributed by atoms with van der Waals surface area (Å²) in [6, 6.07) is 5.15. The summed E-state index contributed by atoms with van der Waals surface area (Å²) in [4.78, 5) is 12.2. The number of amides is 1. The van der Waals surface area contributed by atoms with Crippen molar-refractivity contribution in [2.75, 3.05) is 6.54 Å². The van der Waals surface area contributed by atoms with Crippen LogP contribution in [0.2, 0.25) is 0 Å². The number of phenolic OH excluding ortho intramolecular Hbond substituents is 1. The molecule has 1 unspecified atom stereocenters. The van der Waals surface area contributed by atoms with Crippen LogP contribution in [0.1, 0.15) is 24.0 Å². The van der Waals surface area contributed by atoms with E-state index in [0.717, 1.165) is 11.1 Å². The molecule has 2 rings (SSSR count). The summed E-state index contributed by atoms with van der Waals surface area (Å²) in [5.74, 6) is 0.374. The van der Waals surface area contributed by atoms with Crippen molar-refractivity contribution in [2.24, 2.45) is 0 Å². The van der Waals surface area contributed by atoms with Gasteiger partial charge in [0.25, 0.3) is 0 Å². The molecule has 0 radical (unpaired) electrons. The van der Waals surface area contributed by atoms with E-state index in [1.807, 2.05) is 13.0 Å². The average Bonchev–Trinajstić information content (AvgIpc) is 2.16. The Hall–Kier alpha value is -1.71. The summed E-state index contributed by atoms with van der Waals surface area (Å²) in [5, 5.41) is 18.2. The fourth-order valence-corrected chi connectivity index (χ4v) is 2.05. The van der Waals surface area contributed by atoms with Crippen molar-refractivity contribution in [3.05, 3.63) is 29.3 Å². The number of nitrogens with zero attached hydrogens (tertiary/aromatic N) is 1. The molecule has 0 fully saturated rings. The summed E-state index contributed by atoms with van der Waals surface area (Å²) < 4.78 is 0. The molecule has 0 saturated carbocycles. The van der Waals surface area contributed by atoms with Crippen LogP contribution in [0.25, 0.3) is 0 Å². The molecular weight excluding hydrogens is 194 g/mol. The van der Waals surface area contributed by atoms with E-state index in [1.165, 1.54) is 4.90 Å². The lowest BCUT2D eigenvalue weighted by Crippen LogP contribution is -2.36. The van der Waals surface area contributed by atoms with Gasteiger partial charge in [-0.2, -0.15) is 0 Å². The van der Waals surface area contributed by atoms with Crippen molar-refractivity contribution in [3.8, 4) is 5.75 Å². The lowest BCUT2D eigenvalue weighted by atomic mass is 9.91. The normalized spacial score (nSPS) is 19.8. The number of fused-ring (bicyclic) bond motifs is 1. The average molecular weight is 207 g/mol. The van der Waals surface area contributed by atoms with Crippen molar-refractivity contribution in [1.82, 2.24) is 4.90 Å². The maximum Gasteiger partial charge on any atom is 0.407 e. The van der Waals surface area contributed by atoms with Crippen molar-refractivity contribution < 1.29 is 15.0 Å². The molecule has 0 bridgehead atoms. The Morgan fingerprint density at radius 2 is 2.27 bits per heavy atom. The van der Waals surface area contributed by atoms with E-state index >= 15 is 0 Å². The zero-order chi connectivity index (χ0) is 11.0. The minimum atomic E-state index is -0.907. The van der Waals surface area contributed by atoms with Crippen LogP contribution in [0.3, 0.4) is 0 Å². The zero-order valence-electron chi connectivity index (χ0n) is 8.47. The number of phenols is 1. The topological polar surface area (TPSA) is 60.8 Å². The number of carbonyl (C=O) groups is 1. The third kappa shape index (κ3) is 1.75. The second-order valence-electron chi connectivity index (χ2n) is 3.95. The fourth-order valence-electron chi connectivity index (χ4n) is 2.05. The van der Waals surface area contributed by atoms with Crippen molar-refractivity contribution in [2.45, 2.75) is 19.4 Å². The molecule has 80 valence electrons. The van der Waals surface area contributed by atoms with Gasteiger partial charge in [0, 0.05) is 13.1 Å². The van der Waals surface area contributed by atoms with E-state index in [4.69, 9.17) is 5.11 Å². The minimum absolute atomic E-state index is 0.186. The number of hydrogen-bond donors (Lipinski definition) is 2. The molecule has 1 heterocycles. The first-order valence-electron chi connectivity index (χ1n) is 4.87. The summed E-state index contributed by atoms with van der Waals surface area (Å²) in [7, 11) is 0. The zero-order valence-corrected chi connectivity index (χ0v) is 8.47. The highest BCUT2D eigenvalue weighted by Crippen LogP contribution is 2.30. The monoisotopic (exact) mass is 207 g/mol. The molecule has 1 aromatic rings. The molecule has 1 aliphatic heterocycles. The van der Waals surface area contributed by atoms with Gasteiger partial charge < -0.3 is 15.1 Å². The molecule has 0 aliphatic carbocycles. The molecule has 2 N–H and O–H groups in total. The van der Waals surface area contributed by atoms with Gasteiger partial charge in [0.05, 0.1) is 0 Å². The van der Waals surface area contributed by atoms with Crippen LogP contribution >= 0.6 is 0 Å². The third-order valence-corrected chi connectivity index (χ3v) is 2.78. The maximum atomic E-state index is 10.9. The first-order chi connectivity index (χ1) is 7.08. The Bertz CT molecular complexity index is 403.